The van der Waals surface area contributed by atoms with Gasteiger partial charge in [-0.15, -0.1) is 21.9 Å². The molecule has 1 aromatic carbocycles. The number of aliphatic carboxylic acids is 1. The van der Waals surface area contributed by atoms with Crippen LogP contribution in [0.1, 0.15) is 10.9 Å². The van der Waals surface area contributed by atoms with Crippen molar-refractivity contribution in [1.82, 2.24) is 10.6 Å². The van der Waals surface area contributed by atoms with Crippen LogP contribution in [0.2, 0.25) is 0 Å². The molecule has 25 heavy (non-hydrogen) atoms. The molecule has 1 heterocycles. The number of carbonyl (C=O) groups excluding carboxylic acids is 1. The lowest BCUT2D eigenvalue weighted by molar-refractivity contribution is -0.757. The van der Waals surface area contributed by atoms with Gasteiger partial charge in [-0.05, 0) is 17.7 Å². The first-order valence-corrected chi connectivity index (χ1v) is 8.38. The van der Waals surface area contributed by atoms with Crippen molar-refractivity contribution in [3.63, 3.8) is 0 Å². The van der Waals surface area contributed by atoms with Crippen LogP contribution in [0.25, 0.3) is 0 Å². The highest BCUT2D eigenvalue weighted by molar-refractivity contribution is 7.99. The van der Waals surface area contributed by atoms with Crippen LogP contribution in [0.3, 0.4) is 0 Å². The Balaban J connectivity index is 1.72. The van der Waals surface area contributed by atoms with Crippen molar-refractivity contribution in [2.75, 3.05) is 25.5 Å². The van der Waals surface area contributed by atoms with Gasteiger partial charge in [-0.2, -0.15) is 0 Å². The van der Waals surface area contributed by atoms with Crippen LogP contribution >= 0.6 is 11.8 Å². The van der Waals surface area contributed by atoms with E-state index in [-0.39, 0.29) is 25.1 Å². The van der Waals surface area contributed by atoms with Crippen molar-refractivity contribution in [3.05, 3.63) is 39.9 Å². The first kappa shape index (κ1) is 18.8. The molecule has 0 aliphatic carbocycles. The maximum atomic E-state index is 11.5. The molecule has 136 valence electrons. The molecule has 1 aliphatic heterocycles. The van der Waals surface area contributed by atoms with E-state index in [1.54, 1.807) is 24.3 Å². The fourth-order valence-electron chi connectivity index (χ4n) is 2.06. The summed E-state index contributed by atoms with van der Waals surface area (Å²) >= 11 is 1.51. The van der Waals surface area contributed by atoms with Gasteiger partial charge >= 0.3 is 5.97 Å². The Bertz CT molecular complexity index is 625. The van der Waals surface area contributed by atoms with Gasteiger partial charge in [-0.1, -0.05) is 12.1 Å². The highest BCUT2D eigenvalue weighted by Crippen LogP contribution is 2.33. The molecule has 2 atom stereocenters. The zero-order valence-electron chi connectivity index (χ0n) is 13.0. The SMILES string of the molecule is O=C(COc1ccc(C2NC(C(=O)O)CS2)cc1)NCCO[N+](=O)[O-]. The van der Waals surface area contributed by atoms with E-state index in [1.165, 1.54) is 11.8 Å². The lowest BCUT2D eigenvalue weighted by atomic mass is 10.2. The monoisotopic (exact) mass is 371 g/mol. The second-order valence-corrected chi connectivity index (χ2v) is 6.17. The number of carbonyl (C=O) groups is 2. The number of rotatable bonds is 9. The van der Waals surface area contributed by atoms with Crippen LogP contribution in [0.4, 0.5) is 0 Å². The summed E-state index contributed by atoms with van der Waals surface area (Å²) < 4.78 is 5.31. The molecule has 3 N–H and O–H groups in total. The van der Waals surface area contributed by atoms with Crippen LogP contribution in [-0.4, -0.2) is 53.6 Å². The molecule has 2 rings (SSSR count). The lowest BCUT2D eigenvalue weighted by Crippen LogP contribution is -2.33. The fraction of sp³-hybridized carbons (Fsp3) is 0.429. The molecule has 0 radical (unpaired) electrons. The Labute approximate surface area is 147 Å². The summed E-state index contributed by atoms with van der Waals surface area (Å²) in [6.45, 7) is -0.441. The van der Waals surface area contributed by atoms with E-state index in [0.717, 1.165) is 5.56 Å². The average Bonchev–Trinajstić information content (AvgIpc) is 3.07. The number of ether oxygens (including phenoxy) is 1. The molecular formula is C14H17N3O7S. The molecule has 0 spiro atoms. The average molecular weight is 371 g/mol. The predicted octanol–water partition coefficient (Wildman–Crippen LogP) is 0.178. The molecule has 11 heteroatoms. The van der Waals surface area contributed by atoms with Crippen molar-refractivity contribution in [2.45, 2.75) is 11.4 Å². The molecule has 1 amide bonds. The number of carboxylic acid groups (broad SMARTS) is 1. The van der Waals surface area contributed by atoms with Crippen molar-refractivity contribution in [1.29, 1.82) is 0 Å². The first-order chi connectivity index (χ1) is 12.0. The second-order valence-electron chi connectivity index (χ2n) is 5.04. The first-order valence-electron chi connectivity index (χ1n) is 7.33. The zero-order valence-corrected chi connectivity index (χ0v) is 13.9. The molecule has 10 nitrogen and oxygen atoms in total. The minimum Gasteiger partial charge on any atom is -0.484 e. The minimum atomic E-state index is -0.930. The fourth-order valence-corrected chi connectivity index (χ4v) is 3.29. The predicted molar refractivity (Wildman–Crippen MR) is 87.7 cm³/mol. The molecule has 0 saturated carbocycles. The van der Waals surface area contributed by atoms with E-state index in [2.05, 4.69) is 15.5 Å². The number of nitrogens with zero attached hydrogens (tertiary/aromatic N) is 1. The normalized spacial score (nSPS) is 19.2. The van der Waals surface area contributed by atoms with Crippen LogP contribution < -0.4 is 15.4 Å². The van der Waals surface area contributed by atoms with Crippen molar-refractivity contribution < 1.29 is 29.4 Å². The minimum absolute atomic E-state index is 0.0113. The number of nitrogens with one attached hydrogen (secondary N) is 2. The summed E-state index contributed by atoms with van der Waals surface area (Å²) in [7, 11) is 0. The van der Waals surface area contributed by atoms with Gasteiger partial charge in [0.05, 0.1) is 5.37 Å². The van der Waals surface area contributed by atoms with Gasteiger partial charge in [0, 0.05) is 12.3 Å². The van der Waals surface area contributed by atoms with E-state index < -0.39 is 23.0 Å². The molecule has 0 bridgehead atoms. The summed E-state index contributed by atoms with van der Waals surface area (Å²) in [5, 5.41) is 23.3. The van der Waals surface area contributed by atoms with E-state index >= 15 is 0 Å². The van der Waals surface area contributed by atoms with Gasteiger partial charge in [-0.25, -0.2) is 0 Å². The van der Waals surface area contributed by atoms with Gasteiger partial charge in [0.25, 0.3) is 11.0 Å². The van der Waals surface area contributed by atoms with Crippen molar-refractivity contribution >= 4 is 23.6 Å². The van der Waals surface area contributed by atoms with E-state index in [4.69, 9.17) is 9.84 Å². The number of hydrogen-bond acceptors (Lipinski definition) is 8. The summed E-state index contributed by atoms with van der Waals surface area (Å²) in [6, 6.07) is 6.41. The van der Waals surface area contributed by atoms with Gasteiger partial charge in [-0.3, -0.25) is 14.9 Å². The molecule has 1 saturated heterocycles. The number of carboxylic acids is 1. The van der Waals surface area contributed by atoms with Gasteiger partial charge < -0.3 is 20.0 Å². The molecule has 0 aromatic heterocycles. The third-order valence-electron chi connectivity index (χ3n) is 3.25. The Kier molecular flexibility index (Phi) is 6.83. The zero-order chi connectivity index (χ0) is 18.2. The quantitative estimate of drug-likeness (QED) is 0.315. The summed E-state index contributed by atoms with van der Waals surface area (Å²) in [4.78, 5) is 36.4. The number of hydrogen-bond donors (Lipinski definition) is 3. The molecule has 1 aliphatic rings. The lowest BCUT2D eigenvalue weighted by Gasteiger charge is -2.12. The van der Waals surface area contributed by atoms with E-state index in [0.29, 0.717) is 11.5 Å². The van der Waals surface area contributed by atoms with Crippen LogP contribution in [0, 0.1) is 10.1 Å². The second kappa shape index (κ2) is 9.08. The molecule has 2 unspecified atom stereocenters. The number of thioether (sulfide) groups is 1. The molecular weight excluding hydrogens is 354 g/mol. The number of amides is 1. The third kappa shape index (κ3) is 6.12. The Morgan fingerprint density at radius 2 is 2.12 bits per heavy atom. The van der Waals surface area contributed by atoms with E-state index in [9.17, 15) is 19.7 Å². The molecule has 1 aromatic rings. The topological polar surface area (TPSA) is 140 Å². The summed E-state index contributed by atoms with van der Waals surface area (Å²) in [6.07, 6.45) is 0. The van der Waals surface area contributed by atoms with Gasteiger partial charge in [0.1, 0.15) is 18.4 Å². The van der Waals surface area contributed by atoms with Crippen LogP contribution in [0.15, 0.2) is 24.3 Å². The molecule has 1 fully saturated rings. The smallest absolute Gasteiger partial charge is 0.321 e. The van der Waals surface area contributed by atoms with Gasteiger partial charge in [0.15, 0.2) is 6.61 Å². The summed E-state index contributed by atoms with van der Waals surface area (Å²) in [5.74, 6) is -0.311. The van der Waals surface area contributed by atoms with Crippen molar-refractivity contribution in [3.8, 4) is 5.75 Å². The van der Waals surface area contributed by atoms with Crippen LogP contribution in [0.5, 0.6) is 5.75 Å². The Morgan fingerprint density at radius 3 is 2.72 bits per heavy atom. The highest BCUT2D eigenvalue weighted by Gasteiger charge is 2.30. The van der Waals surface area contributed by atoms with E-state index in [1.807, 2.05) is 0 Å². The maximum Gasteiger partial charge on any atom is 0.321 e. The third-order valence-corrected chi connectivity index (χ3v) is 4.52. The standard InChI is InChI=1S/C14H17N3O7S/c18-12(15-5-6-24-17(21)22)7-23-10-3-1-9(2-4-10)13-16-11(8-25-13)14(19)20/h1-4,11,13,16H,5-8H2,(H,15,18)(H,19,20). The number of benzene rings is 1. The Morgan fingerprint density at radius 1 is 1.40 bits per heavy atom. The van der Waals surface area contributed by atoms with Gasteiger partial charge in [0.2, 0.25) is 0 Å². The largest absolute Gasteiger partial charge is 0.484 e. The van der Waals surface area contributed by atoms with Crippen molar-refractivity contribution in [2.24, 2.45) is 0 Å². The summed E-state index contributed by atoms with van der Waals surface area (Å²) in [5.41, 5.74) is 0.919. The highest BCUT2D eigenvalue weighted by atomic mass is 32.2. The maximum absolute atomic E-state index is 11.5. The Hall–Kier alpha value is -2.53. The van der Waals surface area contributed by atoms with Crippen LogP contribution in [-0.2, 0) is 14.4 Å².